The second-order valence-corrected chi connectivity index (χ2v) is 8.95. The summed E-state index contributed by atoms with van der Waals surface area (Å²) in [6.07, 6.45) is 5.95. The van der Waals surface area contributed by atoms with E-state index in [1.807, 2.05) is 6.92 Å². The number of pyridine rings is 1. The molecule has 2 fully saturated rings. The predicted molar refractivity (Wildman–Crippen MR) is 106 cm³/mol. The van der Waals surface area contributed by atoms with Crippen molar-refractivity contribution in [1.29, 1.82) is 0 Å². The third-order valence-corrected chi connectivity index (χ3v) is 6.70. The van der Waals surface area contributed by atoms with Gasteiger partial charge in [-0.15, -0.1) is 0 Å². The number of carboxylic acids is 1. The van der Waals surface area contributed by atoms with Crippen molar-refractivity contribution in [2.45, 2.75) is 38.6 Å². The van der Waals surface area contributed by atoms with Crippen molar-refractivity contribution in [2.75, 3.05) is 19.7 Å². The minimum absolute atomic E-state index is 0.0213. The first kappa shape index (κ1) is 18.6. The molecule has 2 aliphatic heterocycles. The average Bonchev–Trinajstić information content (AvgIpc) is 3.40. The second kappa shape index (κ2) is 6.27. The largest absolute Gasteiger partial charge is 0.484 e. The number of aromatic nitrogens is 1. The molecule has 1 aromatic carbocycles. The first-order chi connectivity index (χ1) is 13.8. The molecule has 3 heterocycles. The van der Waals surface area contributed by atoms with Crippen LogP contribution in [-0.4, -0.2) is 35.3 Å². The van der Waals surface area contributed by atoms with Crippen molar-refractivity contribution in [2.24, 2.45) is 17.7 Å². The maximum absolute atomic E-state index is 15.4. The van der Waals surface area contributed by atoms with Gasteiger partial charge in [0.1, 0.15) is 30.8 Å². The summed E-state index contributed by atoms with van der Waals surface area (Å²) in [4.78, 5) is 24.2. The van der Waals surface area contributed by atoms with E-state index in [0.717, 1.165) is 24.8 Å². The fraction of sp³-hybridized carbons (Fsp3) is 0.524. The number of nitrogens with two attached hydrogens (primary N) is 1. The summed E-state index contributed by atoms with van der Waals surface area (Å²) >= 11 is 0. The molecule has 1 aliphatic carbocycles. The summed E-state index contributed by atoms with van der Waals surface area (Å²) in [5.41, 5.74) is -0.362. The highest BCUT2D eigenvalue weighted by molar-refractivity contribution is 5.97. The molecule has 1 saturated carbocycles. The summed E-state index contributed by atoms with van der Waals surface area (Å²) in [7, 11) is 0. The molecule has 0 spiro atoms. The van der Waals surface area contributed by atoms with Crippen molar-refractivity contribution in [3.8, 4) is 5.75 Å². The van der Waals surface area contributed by atoms with Gasteiger partial charge in [0.15, 0.2) is 5.82 Å². The zero-order valence-corrected chi connectivity index (χ0v) is 16.4. The van der Waals surface area contributed by atoms with Gasteiger partial charge in [-0.2, -0.15) is 5.84 Å². The molecular weight excluding hydrogens is 377 g/mol. The Morgan fingerprint density at radius 1 is 1.38 bits per heavy atom. The van der Waals surface area contributed by atoms with Gasteiger partial charge in [-0.3, -0.25) is 4.79 Å². The molecule has 29 heavy (non-hydrogen) atoms. The van der Waals surface area contributed by atoms with Gasteiger partial charge in [-0.05, 0) is 25.3 Å². The lowest BCUT2D eigenvalue weighted by atomic mass is 10.0. The minimum Gasteiger partial charge on any atom is -0.484 e. The van der Waals surface area contributed by atoms with Crippen LogP contribution in [0.1, 0.15) is 49.0 Å². The number of halogens is 1. The van der Waals surface area contributed by atoms with E-state index in [2.05, 4.69) is 0 Å². The van der Waals surface area contributed by atoms with Gasteiger partial charge in [-0.25, -0.2) is 13.8 Å². The number of carboxylic acid groups (broad SMARTS) is 1. The number of hydrogen-bond acceptors (Lipinski definition) is 4. The summed E-state index contributed by atoms with van der Waals surface area (Å²) < 4.78 is 23.0. The zero-order valence-electron chi connectivity index (χ0n) is 16.4. The van der Waals surface area contributed by atoms with Crippen LogP contribution in [0.15, 0.2) is 17.1 Å². The topological polar surface area (TPSA) is 94.6 Å². The van der Waals surface area contributed by atoms with Gasteiger partial charge in [-0.1, -0.05) is 12.8 Å². The number of quaternary nitrogens is 1. The van der Waals surface area contributed by atoms with E-state index < -0.39 is 17.2 Å². The van der Waals surface area contributed by atoms with Crippen LogP contribution in [0.25, 0.3) is 10.9 Å². The van der Waals surface area contributed by atoms with Crippen LogP contribution in [0.3, 0.4) is 0 Å². The number of carbonyl (C=O) groups is 1. The van der Waals surface area contributed by atoms with Crippen LogP contribution in [0.4, 0.5) is 10.1 Å². The van der Waals surface area contributed by atoms with E-state index in [4.69, 9.17) is 10.6 Å². The van der Waals surface area contributed by atoms with Crippen molar-refractivity contribution in [3.63, 3.8) is 0 Å². The van der Waals surface area contributed by atoms with E-state index in [-0.39, 0.29) is 39.6 Å². The van der Waals surface area contributed by atoms with E-state index in [1.54, 1.807) is 4.57 Å². The Labute approximate surface area is 167 Å². The number of aromatic carboxylic acids is 1. The Hall–Kier alpha value is -2.45. The van der Waals surface area contributed by atoms with E-state index >= 15 is 4.39 Å². The summed E-state index contributed by atoms with van der Waals surface area (Å²) in [6.45, 7) is 3.38. The second-order valence-electron chi connectivity index (χ2n) is 8.95. The van der Waals surface area contributed by atoms with Crippen molar-refractivity contribution in [3.05, 3.63) is 33.9 Å². The van der Waals surface area contributed by atoms with Crippen molar-refractivity contribution < 1.29 is 19.0 Å². The standard InChI is InChI=1S/C21H24FN3O4/c1-11-10-29-20-17-14(19(26)15(21(27)28)8-24(11)17)7-16(22)18(20)25(23)5-4-13(9-25)6-12-2-3-12/h7-8,11-13H,2-6,9-10,23H2,1H3/p+1/t11-,13-,25?/m0/s1. The highest BCUT2D eigenvalue weighted by Gasteiger charge is 2.45. The summed E-state index contributed by atoms with van der Waals surface area (Å²) in [6, 6.07) is 0.955. The Morgan fingerprint density at radius 2 is 2.14 bits per heavy atom. The molecule has 1 unspecified atom stereocenters. The molecule has 3 aliphatic rings. The normalized spacial score (nSPS) is 28.5. The fourth-order valence-corrected chi connectivity index (χ4v) is 5.06. The van der Waals surface area contributed by atoms with Gasteiger partial charge in [0.25, 0.3) is 0 Å². The van der Waals surface area contributed by atoms with Crippen molar-refractivity contribution >= 4 is 22.6 Å². The molecule has 3 atom stereocenters. The molecule has 1 aromatic heterocycles. The number of benzene rings is 1. The smallest absolute Gasteiger partial charge is 0.341 e. The van der Waals surface area contributed by atoms with Crippen LogP contribution in [0.5, 0.6) is 5.75 Å². The molecular formula is C21H25FN3O4+. The van der Waals surface area contributed by atoms with Crippen LogP contribution in [-0.2, 0) is 0 Å². The highest BCUT2D eigenvalue weighted by Crippen LogP contribution is 2.46. The highest BCUT2D eigenvalue weighted by atomic mass is 19.1. The van der Waals surface area contributed by atoms with Crippen LogP contribution >= 0.6 is 0 Å². The molecule has 5 rings (SSSR count). The van der Waals surface area contributed by atoms with Gasteiger partial charge < -0.3 is 14.4 Å². The Balaban J connectivity index is 1.70. The Bertz CT molecular complexity index is 1090. The molecule has 7 nitrogen and oxygen atoms in total. The van der Waals surface area contributed by atoms with E-state index in [9.17, 15) is 14.7 Å². The van der Waals surface area contributed by atoms with E-state index in [0.29, 0.717) is 24.5 Å². The number of ether oxygens (including phenoxy) is 1. The lowest BCUT2D eigenvalue weighted by molar-refractivity contribution is 0.0694. The zero-order chi connectivity index (χ0) is 20.5. The van der Waals surface area contributed by atoms with Crippen LogP contribution in [0.2, 0.25) is 0 Å². The van der Waals surface area contributed by atoms with Gasteiger partial charge in [0, 0.05) is 18.5 Å². The van der Waals surface area contributed by atoms with Gasteiger partial charge >= 0.3 is 5.97 Å². The first-order valence-corrected chi connectivity index (χ1v) is 10.2. The van der Waals surface area contributed by atoms with E-state index in [1.165, 1.54) is 19.0 Å². The molecule has 154 valence electrons. The predicted octanol–water partition coefficient (Wildman–Crippen LogP) is 2.79. The third-order valence-electron chi connectivity index (χ3n) is 6.70. The Kier molecular flexibility index (Phi) is 4.02. The summed E-state index contributed by atoms with van der Waals surface area (Å²) in [5.74, 6) is 6.28. The van der Waals surface area contributed by atoms with Crippen LogP contribution < -0.4 is 20.6 Å². The van der Waals surface area contributed by atoms with Gasteiger partial charge in [0.05, 0.1) is 11.4 Å². The molecule has 0 amide bonds. The lowest BCUT2D eigenvalue weighted by Crippen LogP contribution is -2.55. The maximum atomic E-state index is 15.4. The number of rotatable bonds is 4. The lowest BCUT2D eigenvalue weighted by Gasteiger charge is -2.33. The number of nitrogens with zero attached hydrogens (tertiary/aromatic N) is 2. The SMILES string of the molecule is C[C@H]1COc2c([N+]3(N)CC[C@@H](CC4CC4)C3)c(F)cc3c(=O)c(C(=O)O)cn1c23. The quantitative estimate of drug-likeness (QED) is 0.606. The fourth-order valence-electron chi connectivity index (χ4n) is 5.06. The molecule has 0 radical (unpaired) electrons. The molecule has 1 saturated heterocycles. The number of hydrogen-bond donors (Lipinski definition) is 2. The average molecular weight is 402 g/mol. The third kappa shape index (κ3) is 2.85. The molecule has 3 N–H and O–H groups in total. The summed E-state index contributed by atoms with van der Waals surface area (Å²) in [5, 5.41) is 9.42. The molecule has 0 bridgehead atoms. The molecule has 8 heteroatoms. The van der Waals surface area contributed by atoms with Crippen molar-refractivity contribution in [1.82, 2.24) is 9.16 Å². The monoisotopic (exact) mass is 402 g/mol. The molecule has 2 aromatic rings. The maximum Gasteiger partial charge on any atom is 0.341 e. The Morgan fingerprint density at radius 3 is 2.83 bits per heavy atom. The first-order valence-electron chi connectivity index (χ1n) is 10.2. The minimum atomic E-state index is -1.32. The van der Waals surface area contributed by atoms with Gasteiger partial charge in [0.2, 0.25) is 16.9 Å². The van der Waals surface area contributed by atoms with Crippen LogP contribution in [0, 0.1) is 17.7 Å².